The van der Waals surface area contributed by atoms with E-state index in [4.69, 9.17) is 9.84 Å². The third-order valence-corrected chi connectivity index (χ3v) is 3.79. The Labute approximate surface area is 131 Å². The van der Waals surface area contributed by atoms with Gasteiger partial charge in [-0.05, 0) is 31.0 Å². The molecule has 0 amide bonds. The summed E-state index contributed by atoms with van der Waals surface area (Å²) in [6.45, 7) is 3.76. The third kappa shape index (κ3) is 4.81. The van der Waals surface area contributed by atoms with Gasteiger partial charge in [-0.15, -0.1) is 12.4 Å². The predicted octanol–water partition coefficient (Wildman–Crippen LogP) is 1.97. The molecule has 1 aromatic carbocycles. The fourth-order valence-electron chi connectivity index (χ4n) is 2.72. The molecule has 0 bridgehead atoms. The summed E-state index contributed by atoms with van der Waals surface area (Å²) in [7, 11) is 1.59. The molecular weight excluding hydrogens is 295 g/mol. The molecule has 0 unspecified atom stereocenters. The largest absolute Gasteiger partial charge is 0.497 e. The standard InChI is InChI=1S/C15H23FN2O2.ClH/c1-20-12-4-5-14(16)13(11-12)15(3-2-10-19)18-8-6-17-7-9-18;/h4-5,11,15,17,19H,2-3,6-10H2,1H3;1H/t15-;/m0./s1. The van der Waals surface area contributed by atoms with Gasteiger partial charge in [0.25, 0.3) is 0 Å². The lowest BCUT2D eigenvalue weighted by Gasteiger charge is -2.35. The summed E-state index contributed by atoms with van der Waals surface area (Å²) < 4.78 is 19.4. The van der Waals surface area contributed by atoms with Crippen LogP contribution in [0.3, 0.4) is 0 Å². The van der Waals surface area contributed by atoms with Crippen LogP contribution in [-0.4, -0.2) is 49.9 Å². The minimum absolute atomic E-state index is 0. The number of nitrogens with one attached hydrogen (secondary N) is 1. The number of piperazine rings is 1. The molecule has 0 saturated carbocycles. The molecule has 1 aliphatic heterocycles. The fraction of sp³-hybridized carbons (Fsp3) is 0.600. The summed E-state index contributed by atoms with van der Waals surface area (Å²) in [5.41, 5.74) is 0.666. The van der Waals surface area contributed by atoms with Crippen molar-refractivity contribution in [1.29, 1.82) is 0 Å². The maximum atomic E-state index is 14.2. The number of ether oxygens (including phenoxy) is 1. The minimum atomic E-state index is -0.202. The zero-order chi connectivity index (χ0) is 14.4. The van der Waals surface area contributed by atoms with Gasteiger partial charge in [0, 0.05) is 44.4 Å². The maximum Gasteiger partial charge on any atom is 0.128 e. The van der Waals surface area contributed by atoms with Crippen LogP contribution in [0, 0.1) is 5.82 Å². The number of nitrogens with zero attached hydrogens (tertiary/aromatic N) is 1. The molecule has 0 radical (unpaired) electrons. The van der Waals surface area contributed by atoms with Gasteiger partial charge < -0.3 is 15.2 Å². The first-order chi connectivity index (χ1) is 9.76. The summed E-state index contributed by atoms with van der Waals surface area (Å²) in [4.78, 5) is 2.28. The fourth-order valence-corrected chi connectivity index (χ4v) is 2.72. The second-order valence-electron chi connectivity index (χ2n) is 5.06. The summed E-state index contributed by atoms with van der Waals surface area (Å²) in [5, 5.41) is 12.4. The van der Waals surface area contributed by atoms with Crippen molar-refractivity contribution < 1.29 is 14.2 Å². The van der Waals surface area contributed by atoms with Gasteiger partial charge in [-0.3, -0.25) is 4.90 Å². The highest BCUT2D eigenvalue weighted by Crippen LogP contribution is 2.30. The van der Waals surface area contributed by atoms with Crippen molar-refractivity contribution in [2.75, 3.05) is 39.9 Å². The number of hydrogen-bond donors (Lipinski definition) is 2. The Kier molecular flexibility index (Phi) is 7.96. The Balaban J connectivity index is 0.00000220. The maximum absolute atomic E-state index is 14.2. The van der Waals surface area contributed by atoms with E-state index >= 15 is 0 Å². The molecule has 2 rings (SSSR count). The van der Waals surface area contributed by atoms with E-state index in [1.165, 1.54) is 6.07 Å². The van der Waals surface area contributed by atoms with E-state index in [1.54, 1.807) is 19.2 Å². The summed E-state index contributed by atoms with van der Waals surface area (Å²) in [5.74, 6) is 0.470. The van der Waals surface area contributed by atoms with Crippen LogP contribution in [0.2, 0.25) is 0 Å². The van der Waals surface area contributed by atoms with Crippen LogP contribution >= 0.6 is 12.4 Å². The van der Waals surface area contributed by atoms with Gasteiger partial charge in [-0.25, -0.2) is 4.39 Å². The van der Waals surface area contributed by atoms with Crippen LogP contribution in [-0.2, 0) is 0 Å². The van der Waals surface area contributed by atoms with Crippen LogP contribution in [0.25, 0.3) is 0 Å². The van der Waals surface area contributed by atoms with Gasteiger partial charge in [0.05, 0.1) is 7.11 Å². The van der Waals surface area contributed by atoms with Crippen molar-refractivity contribution in [3.05, 3.63) is 29.6 Å². The highest BCUT2D eigenvalue weighted by atomic mass is 35.5. The summed E-state index contributed by atoms with van der Waals surface area (Å²) in [6.07, 6.45) is 1.42. The first-order valence-corrected chi connectivity index (χ1v) is 7.15. The van der Waals surface area contributed by atoms with Gasteiger partial charge in [-0.2, -0.15) is 0 Å². The molecule has 0 aromatic heterocycles. The van der Waals surface area contributed by atoms with Crippen molar-refractivity contribution in [2.24, 2.45) is 0 Å². The average molecular weight is 319 g/mol. The molecule has 4 nitrogen and oxygen atoms in total. The molecule has 120 valence electrons. The quantitative estimate of drug-likeness (QED) is 0.842. The SMILES string of the molecule is COc1ccc(F)c([C@H](CCCO)N2CCNCC2)c1.Cl. The molecule has 0 spiro atoms. The molecule has 1 aromatic rings. The van der Waals surface area contributed by atoms with Crippen molar-refractivity contribution in [1.82, 2.24) is 10.2 Å². The van der Waals surface area contributed by atoms with Crippen molar-refractivity contribution >= 4 is 12.4 Å². The van der Waals surface area contributed by atoms with Gasteiger partial charge in [0.2, 0.25) is 0 Å². The average Bonchev–Trinajstić information content (AvgIpc) is 2.50. The van der Waals surface area contributed by atoms with Crippen LogP contribution < -0.4 is 10.1 Å². The van der Waals surface area contributed by atoms with Crippen LogP contribution in [0.5, 0.6) is 5.75 Å². The number of aliphatic hydroxyl groups excluding tert-OH is 1. The van der Waals surface area contributed by atoms with E-state index in [-0.39, 0.29) is 30.9 Å². The number of hydrogen-bond acceptors (Lipinski definition) is 4. The molecule has 1 saturated heterocycles. The van der Waals surface area contributed by atoms with Gasteiger partial charge in [0.15, 0.2) is 0 Å². The molecule has 21 heavy (non-hydrogen) atoms. The number of methoxy groups -OCH3 is 1. The second kappa shape index (κ2) is 9.20. The Morgan fingerprint density at radius 2 is 2.10 bits per heavy atom. The summed E-state index contributed by atoms with van der Waals surface area (Å²) in [6, 6.07) is 4.88. The highest BCUT2D eigenvalue weighted by molar-refractivity contribution is 5.85. The normalized spacial score (nSPS) is 17.1. The van der Waals surface area contributed by atoms with E-state index in [2.05, 4.69) is 10.2 Å². The minimum Gasteiger partial charge on any atom is -0.497 e. The number of rotatable bonds is 6. The molecule has 1 fully saturated rings. The third-order valence-electron chi connectivity index (χ3n) is 3.79. The lowest BCUT2D eigenvalue weighted by molar-refractivity contribution is 0.151. The van der Waals surface area contributed by atoms with E-state index in [9.17, 15) is 4.39 Å². The monoisotopic (exact) mass is 318 g/mol. The topological polar surface area (TPSA) is 44.7 Å². The van der Waals surface area contributed by atoms with Crippen molar-refractivity contribution in [3.8, 4) is 5.75 Å². The second-order valence-corrected chi connectivity index (χ2v) is 5.06. The molecule has 1 heterocycles. The van der Waals surface area contributed by atoms with Crippen molar-refractivity contribution in [2.45, 2.75) is 18.9 Å². The van der Waals surface area contributed by atoms with E-state index in [0.29, 0.717) is 17.7 Å². The zero-order valence-electron chi connectivity index (χ0n) is 12.3. The highest BCUT2D eigenvalue weighted by Gasteiger charge is 2.24. The Bertz CT molecular complexity index is 428. The lowest BCUT2D eigenvalue weighted by Crippen LogP contribution is -2.45. The number of aliphatic hydroxyl groups is 1. The van der Waals surface area contributed by atoms with Crippen LogP contribution in [0.15, 0.2) is 18.2 Å². The lowest BCUT2D eigenvalue weighted by atomic mass is 9.98. The zero-order valence-corrected chi connectivity index (χ0v) is 13.2. The van der Waals surface area contributed by atoms with Crippen molar-refractivity contribution in [3.63, 3.8) is 0 Å². The van der Waals surface area contributed by atoms with Gasteiger partial charge in [-0.1, -0.05) is 0 Å². The van der Waals surface area contributed by atoms with Gasteiger partial charge >= 0.3 is 0 Å². The predicted molar refractivity (Wildman–Crippen MR) is 83.7 cm³/mol. The van der Waals surface area contributed by atoms with E-state index in [1.807, 2.05) is 0 Å². The van der Waals surface area contributed by atoms with E-state index in [0.717, 1.165) is 32.6 Å². The molecule has 6 heteroatoms. The molecule has 0 aliphatic carbocycles. The van der Waals surface area contributed by atoms with Crippen LogP contribution in [0.4, 0.5) is 4.39 Å². The Morgan fingerprint density at radius 3 is 2.71 bits per heavy atom. The molecular formula is C15H24ClFN2O2. The Hall–Kier alpha value is -0.880. The van der Waals surface area contributed by atoms with Gasteiger partial charge in [0.1, 0.15) is 11.6 Å². The van der Waals surface area contributed by atoms with E-state index < -0.39 is 0 Å². The molecule has 1 aliphatic rings. The smallest absolute Gasteiger partial charge is 0.128 e. The first kappa shape index (κ1) is 18.2. The molecule has 1 atom stereocenters. The number of halogens is 2. The number of benzene rings is 1. The molecule has 2 N–H and O–H groups in total. The van der Waals surface area contributed by atoms with Crippen LogP contribution in [0.1, 0.15) is 24.4 Å². The first-order valence-electron chi connectivity index (χ1n) is 7.15. The summed E-state index contributed by atoms with van der Waals surface area (Å²) >= 11 is 0. The Morgan fingerprint density at radius 1 is 1.38 bits per heavy atom.